The smallest absolute Gasteiger partial charge is 0.119 e. The second-order valence-corrected chi connectivity index (χ2v) is 6.10. The van der Waals surface area contributed by atoms with E-state index in [4.69, 9.17) is 4.74 Å². The van der Waals surface area contributed by atoms with Crippen molar-refractivity contribution >= 4 is 24.0 Å². The standard InChI is InChI=1S/C15H19NOS2/c1-10-4-5-13(8-11(10)2)17-7-6-15-16-12(3)14(9-18)19-15/h4-5,8,18H,6-7,9H2,1-3H3. The maximum absolute atomic E-state index is 5.78. The minimum absolute atomic E-state index is 0.668. The zero-order valence-corrected chi connectivity index (χ0v) is 13.3. The lowest BCUT2D eigenvalue weighted by atomic mass is 10.1. The average molecular weight is 293 g/mol. The van der Waals surface area contributed by atoms with E-state index in [2.05, 4.69) is 43.6 Å². The van der Waals surface area contributed by atoms with E-state index in [0.29, 0.717) is 6.61 Å². The zero-order valence-electron chi connectivity index (χ0n) is 11.6. The Morgan fingerprint density at radius 2 is 2.00 bits per heavy atom. The Balaban J connectivity index is 1.90. The molecule has 0 radical (unpaired) electrons. The Kier molecular flexibility index (Phi) is 4.88. The molecule has 0 spiro atoms. The van der Waals surface area contributed by atoms with Gasteiger partial charge < -0.3 is 4.74 Å². The molecule has 0 aliphatic heterocycles. The van der Waals surface area contributed by atoms with E-state index in [1.165, 1.54) is 16.0 Å². The van der Waals surface area contributed by atoms with Crippen molar-refractivity contribution in [2.24, 2.45) is 0 Å². The second-order valence-electron chi connectivity index (χ2n) is 4.62. The molecule has 102 valence electrons. The molecule has 1 aromatic heterocycles. The van der Waals surface area contributed by atoms with Crippen molar-refractivity contribution in [3.05, 3.63) is 44.9 Å². The summed E-state index contributed by atoms with van der Waals surface area (Å²) >= 11 is 6.03. The van der Waals surface area contributed by atoms with Gasteiger partial charge in [0.2, 0.25) is 0 Å². The molecule has 0 fully saturated rings. The molecule has 1 heterocycles. The fourth-order valence-corrected chi connectivity index (χ4v) is 3.13. The lowest BCUT2D eigenvalue weighted by Gasteiger charge is -2.07. The van der Waals surface area contributed by atoms with Crippen LogP contribution in [0.3, 0.4) is 0 Å². The first kappa shape index (κ1) is 14.4. The van der Waals surface area contributed by atoms with Gasteiger partial charge in [0.1, 0.15) is 5.75 Å². The maximum atomic E-state index is 5.78. The molecule has 0 aliphatic rings. The van der Waals surface area contributed by atoms with E-state index in [1.54, 1.807) is 11.3 Å². The van der Waals surface area contributed by atoms with Gasteiger partial charge >= 0.3 is 0 Å². The molecule has 2 nitrogen and oxygen atoms in total. The summed E-state index contributed by atoms with van der Waals surface area (Å²) in [4.78, 5) is 5.79. The van der Waals surface area contributed by atoms with Gasteiger partial charge in [-0.2, -0.15) is 12.6 Å². The molecular weight excluding hydrogens is 274 g/mol. The molecule has 0 aliphatic carbocycles. The Morgan fingerprint density at radius 1 is 1.21 bits per heavy atom. The predicted molar refractivity (Wildman–Crippen MR) is 84.7 cm³/mol. The second kappa shape index (κ2) is 6.44. The van der Waals surface area contributed by atoms with Gasteiger partial charge in [0.15, 0.2) is 0 Å². The summed E-state index contributed by atoms with van der Waals surface area (Å²) in [5.41, 5.74) is 3.66. The van der Waals surface area contributed by atoms with Crippen molar-refractivity contribution in [2.75, 3.05) is 6.61 Å². The summed E-state index contributed by atoms with van der Waals surface area (Å²) in [5.74, 6) is 1.70. The highest BCUT2D eigenvalue weighted by Crippen LogP contribution is 2.21. The van der Waals surface area contributed by atoms with Crippen LogP contribution in [0.5, 0.6) is 5.75 Å². The summed E-state index contributed by atoms with van der Waals surface area (Å²) in [6, 6.07) is 6.20. The van der Waals surface area contributed by atoms with Gasteiger partial charge in [-0.05, 0) is 44.0 Å². The lowest BCUT2D eigenvalue weighted by Crippen LogP contribution is -2.01. The summed E-state index contributed by atoms with van der Waals surface area (Å²) in [6.07, 6.45) is 0.853. The minimum Gasteiger partial charge on any atom is -0.493 e. The number of thiazole rings is 1. The Morgan fingerprint density at radius 3 is 2.63 bits per heavy atom. The van der Waals surface area contributed by atoms with Gasteiger partial charge in [-0.15, -0.1) is 11.3 Å². The summed E-state index contributed by atoms with van der Waals surface area (Å²) in [7, 11) is 0. The molecule has 2 rings (SSSR count). The minimum atomic E-state index is 0.668. The normalized spacial score (nSPS) is 10.7. The molecule has 0 saturated heterocycles. The number of ether oxygens (including phenoxy) is 1. The van der Waals surface area contributed by atoms with E-state index < -0.39 is 0 Å². The highest BCUT2D eigenvalue weighted by Gasteiger charge is 2.06. The number of nitrogens with zero attached hydrogens (tertiary/aromatic N) is 1. The lowest BCUT2D eigenvalue weighted by molar-refractivity contribution is 0.321. The molecule has 1 aromatic carbocycles. The third-order valence-electron chi connectivity index (χ3n) is 3.14. The van der Waals surface area contributed by atoms with Crippen molar-refractivity contribution < 1.29 is 4.74 Å². The van der Waals surface area contributed by atoms with Gasteiger partial charge in [0.05, 0.1) is 17.3 Å². The third-order valence-corrected chi connectivity index (χ3v) is 4.89. The number of aromatic nitrogens is 1. The largest absolute Gasteiger partial charge is 0.493 e. The monoisotopic (exact) mass is 293 g/mol. The zero-order chi connectivity index (χ0) is 13.8. The molecule has 0 unspecified atom stereocenters. The Labute approximate surface area is 124 Å². The third kappa shape index (κ3) is 3.74. The number of hydrogen-bond donors (Lipinski definition) is 1. The SMILES string of the molecule is Cc1ccc(OCCc2nc(C)c(CS)s2)cc1C. The predicted octanol–water partition coefficient (Wildman–Crippen LogP) is 4.12. The van der Waals surface area contributed by atoms with Crippen molar-refractivity contribution in [1.82, 2.24) is 4.98 Å². The first-order chi connectivity index (χ1) is 9.10. The number of hydrogen-bond acceptors (Lipinski definition) is 4. The molecule has 0 N–H and O–H groups in total. The molecule has 0 saturated carbocycles. The maximum Gasteiger partial charge on any atom is 0.119 e. The Hall–Kier alpha value is -1.00. The van der Waals surface area contributed by atoms with Crippen molar-refractivity contribution in [3.63, 3.8) is 0 Å². The number of benzene rings is 1. The van der Waals surface area contributed by atoms with Crippen LogP contribution in [0, 0.1) is 20.8 Å². The van der Waals surface area contributed by atoms with Gasteiger partial charge in [-0.1, -0.05) is 6.07 Å². The van der Waals surface area contributed by atoms with Crippen LogP contribution in [0.15, 0.2) is 18.2 Å². The summed E-state index contributed by atoms with van der Waals surface area (Å²) in [6.45, 7) is 6.92. The number of aryl methyl sites for hydroxylation is 3. The highest BCUT2D eigenvalue weighted by molar-refractivity contribution is 7.79. The van der Waals surface area contributed by atoms with Gasteiger partial charge in [0.25, 0.3) is 0 Å². The summed E-state index contributed by atoms with van der Waals surface area (Å²) in [5, 5.41) is 1.13. The molecule has 19 heavy (non-hydrogen) atoms. The van der Waals surface area contributed by atoms with Crippen molar-refractivity contribution in [2.45, 2.75) is 32.9 Å². The van der Waals surface area contributed by atoms with Crippen LogP contribution in [0.4, 0.5) is 0 Å². The van der Waals surface area contributed by atoms with Crippen molar-refractivity contribution in [3.8, 4) is 5.75 Å². The molecular formula is C15H19NOS2. The molecule has 4 heteroatoms. The van der Waals surface area contributed by atoms with Crippen LogP contribution in [-0.2, 0) is 12.2 Å². The fraction of sp³-hybridized carbons (Fsp3) is 0.400. The molecule has 2 aromatic rings. The summed E-state index contributed by atoms with van der Waals surface area (Å²) < 4.78 is 5.78. The van der Waals surface area contributed by atoms with Crippen LogP contribution < -0.4 is 4.74 Å². The highest BCUT2D eigenvalue weighted by atomic mass is 32.1. The first-order valence-electron chi connectivity index (χ1n) is 6.36. The van der Waals surface area contributed by atoms with Gasteiger partial charge in [-0.25, -0.2) is 4.98 Å². The van der Waals surface area contributed by atoms with E-state index in [0.717, 1.165) is 28.6 Å². The molecule has 0 atom stereocenters. The average Bonchev–Trinajstić information content (AvgIpc) is 2.74. The van der Waals surface area contributed by atoms with Crippen molar-refractivity contribution in [1.29, 1.82) is 0 Å². The van der Waals surface area contributed by atoms with Crippen LogP contribution in [0.2, 0.25) is 0 Å². The number of rotatable bonds is 5. The Bertz CT molecular complexity index is 563. The fourth-order valence-electron chi connectivity index (χ4n) is 1.80. The van der Waals surface area contributed by atoms with E-state index in [1.807, 2.05) is 13.0 Å². The van der Waals surface area contributed by atoms with E-state index in [-0.39, 0.29) is 0 Å². The van der Waals surface area contributed by atoms with E-state index >= 15 is 0 Å². The van der Waals surface area contributed by atoms with E-state index in [9.17, 15) is 0 Å². The van der Waals surface area contributed by atoms with Gasteiger partial charge in [-0.3, -0.25) is 0 Å². The van der Waals surface area contributed by atoms with Crippen LogP contribution in [0.1, 0.15) is 26.7 Å². The molecule has 0 amide bonds. The number of thiol groups is 1. The van der Waals surface area contributed by atoms with Gasteiger partial charge in [0, 0.05) is 17.1 Å². The van der Waals surface area contributed by atoms with Crippen LogP contribution in [0.25, 0.3) is 0 Å². The molecule has 0 bridgehead atoms. The topological polar surface area (TPSA) is 22.1 Å². The van der Waals surface area contributed by atoms with Crippen LogP contribution >= 0.6 is 24.0 Å². The van der Waals surface area contributed by atoms with Crippen LogP contribution in [-0.4, -0.2) is 11.6 Å². The quantitative estimate of drug-likeness (QED) is 0.838. The first-order valence-corrected chi connectivity index (χ1v) is 7.81.